The van der Waals surface area contributed by atoms with E-state index in [4.69, 9.17) is 11.6 Å². The van der Waals surface area contributed by atoms with Gasteiger partial charge in [-0.15, -0.1) is 11.3 Å². The molecule has 0 aliphatic carbocycles. The third kappa shape index (κ3) is 3.87. The topological polar surface area (TPSA) is 29.9 Å². The van der Waals surface area contributed by atoms with Gasteiger partial charge in [0.1, 0.15) is 0 Å². The largest absolute Gasteiger partial charge is 0.304 e. The summed E-state index contributed by atoms with van der Waals surface area (Å²) in [5.41, 5.74) is 2.10. The summed E-state index contributed by atoms with van der Waals surface area (Å²) in [4.78, 5) is 1.39. The Hall–Kier alpha value is -0.840. The van der Waals surface area contributed by atoms with Gasteiger partial charge in [-0.1, -0.05) is 37.9 Å². The third-order valence-electron chi connectivity index (χ3n) is 3.67. The molecule has 1 atom stereocenters. The summed E-state index contributed by atoms with van der Waals surface area (Å²) in [6.45, 7) is 8.04. The van der Waals surface area contributed by atoms with Gasteiger partial charge in [-0.05, 0) is 31.2 Å². The Morgan fingerprint density at radius 2 is 2.19 bits per heavy atom. The number of aromatic nitrogens is 2. The monoisotopic (exact) mass is 325 g/mol. The van der Waals surface area contributed by atoms with Gasteiger partial charge < -0.3 is 5.32 Å². The van der Waals surface area contributed by atoms with Crippen molar-refractivity contribution in [3.8, 4) is 0 Å². The summed E-state index contributed by atoms with van der Waals surface area (Å²) in [5.74, 6) is 0. The summed E-state index contributed by atoms with van der Waals surface area (Å²) in [6.07, 6.45) is 3.18. The predicted molar refractivity (Wildman–Crippen MR) is 91.1 cm³/mol. The molecule has 2 aromatic rings. The Balaban J connectivity index is 2.12. The fraction of sp³-hybridized carbons (Fsp3) is 0.562. The first-order valence-corrected chi connectivity index (χ1v) is 8.97. The maximum atomic E-state index is 6.47. The Kier molecular flexibility index (Phi) is 6.27. The van der Waals surface area contributed by atoms with Crippen LogP contribution in [0.25, 0.3) is 0 Å². The van der Waals surface area contributed by atoms with Crippen molar-refractivity contribution in [3.63, 3.8) is 0 Å². The second-order valence-electron chi connectivity index (χ2n) is 5.11. The van der Waals surface area contributed by atoms with Crippen LogP contribution in [0.4, 0.5) is 0 Å². The molecule has 116 valence electrons. The lowest BCUT2D eigenvalue weighted by molar-refractivity contribution is 0.480. The molecule has 0 amide bonds. The van der Waals surface area contributed by atoms with Crippen molar-refractivity contribution >= 4 is 22.9 Å². The van der Waals surface area contributed by atoms with E-state index in [1.807, 2.05) is 16.0 Å². The minimum atomic E-state index is 0.399. The molecule has 0 aliphatic heterocycles. The van der Waals surface area contributed by atoms with Crippen LogP contribution in [0, 0.1) is 0 Å². The number of nitrogens with one attached hydrogen (secondary N) is 1. The first-order valence-electron chi connectivity index (χ1n) is 7.72. The number of aryl methyl sites for hydroxylation is 2. The summed E-state index contributed by atoms with van der Waals surface area (Å²) < 4.78 is 2.02. The summed E-state index contributed by atoms with van der Waals surface area (Å²) in [5, 5.41) is 11.2. The molecular weight excluding hydrogens is 302 g/mol. The first-order chi connectivity index (χ1) is 10.2. The van der Waals surface area contributed by atoms with Gasteiger partial charge in [0.05, 0.1) is 16.4 Å². The van der Waals surface area contributed by atoms with Crippen LogP contribution in [-0.4, -0.2) is 9.78 Å². The molecule has 1 N–H and O–H groups in total. The van der Waals surface area contributed by atoms with E-state index >= 15 is 0 Å². The smallest absolute Gasteiger partial charge is 0.0863 e. The Labute approximate surface area is 136 Å². The lowest BCUT2D eigenvalue weighted by Crippen LogP contribution is -2.22. The molecule has 2 heterocycles. The molecule has 0 spiro atoms. The molecule has 1 unspecified atom stereocenters. The van der Waals surface area contributed by atoms with E-state index in [-0.39, 0.29) is 0 Å². The maximum Gasteiger partial charge on any atom is 0.0863 e. The van der Waals surface area contributed by atoms with Crippen molar-refractivity contribution < 1.29 is 0 Å². The molecule has 21 heavy (non-hydrogen) atoms. The second kappa shape index (κ2) is 7.97. The van der Waals surface area contributed by atoms with Crippen LogP contribution in [0.1, 0.15) is 55.9 Å². The van der Waals surface area contributed by atoms with Crippen molar-refractivity contribution in [1.82, 2.24) is 15.1 Å². The molecule has 5 heteroatoms. The Morgan fingerprint density at radius 3 is 2.76 bits per heavy atom. The molecule has 0 saturated heterocycles. The maximum absolute atomic E-state index is 6.47. The zero-order chi connectivity index (χ0) is 15.2. The van der Waals surface area contributed by atoms with Crippen molar-refractivity contribution in [2.24, 2.45) is 0 Å². The highest BCUT2D eigenvalue weighted by atomic mass is 35.5. The van der Waals surface area contributed by atoms with Crippen LogP contribution in [0.2, 0.25) is 5.02 Å². The first kappa shape index (κ1) is 16.5. The average Bonchev–Trinajstić information content (AvgIpc) is 3.12. The minimum Gasteiger partial charge on any atom is -0.304 e. The molecular formula is C16H24ClN3S. The fourth-order valence-electron chi connectivity index (χ4n) is 2.53. The van der Waals surface area contributed by atoms with Crippen molar-refractivity contribution in [1.29, 1.82) is 0 Å². The van der Waals surface area contributed by atoms with Gasteiger partial charge in [0.2, 0.25) is 0 Å². The number of thiophene rings is 1. The Morgan fingerprint density at radius 1 is 1.38 bits per heavy atom. The van der Waals surface area contributed by atoms with Gasteiger partial charge in [0, 0.05) is 24.0 Å². The predicted octanol–water partition coefficient (Wildman–Crippen LogP) is 4.81. The highest BCUT2D eigenvalue weighted by Crippen LogP contribution is 2.26. The summed E-state index contributed by atoms with van der Waals surface area (Å²) in [6, 6.07) is 4.72. The summed E-state index contributed by atoms with van der Waals surface area (Å²) in [7, 11) is 0. The van der Waals surface area contributed by atoms with E-state index in [0.717, 1.165) is 48.8 Å². The molecule has 2 aromatic heterocycles. The minimum absolute atomic E-state index is 0.399. The molecule has 0 aromatic carbocycles. The van der Waals surface area contributed by atoms with E-state index in [0.29, 0.717) is 6.04 Å². The SMILES string of the molecule is CCCC(NCc1c(Cl)c(CC)nn1CC)c1cccs1. The average molecular weight is 326 g/mol. The molecule has 0 fully saturated rings. The van der Waals surface area contributed by atoms with Crippen LogP contribution >= 0.6 is 22.9 Å². The van der Waals surface area contributed by atoms with Gasteiger partial charge >= 0.3 is 0 Å². The van der Waals surface area contributed by atoms with Gasteiger partial charge in [0.15, 0.2) is 0 Å². The van der Waals surface area contributed by atoms with Crippen LogP contribution in [0.5, 0.6) is 0 Å². The fourth-order valence-corrected chi connectivity index (χ4v) is 3.70. The van der Waals surface area contributed by atoms with E-state index in [1.54, 1.807) is 0 Å². The lowest BCUT2D eigenvalue weighted by Gasteiger charge is -2.17. The van der Waals surface area contributed by atoms with E-state index < -0.39 is 0 Å². The van der Waals surface area contributed by atoms with Crippen LogP contribution in [0.3, 0.4) is 0 Å². The number of rotatable bonds is 8. The van der Waals surface area contributed by atoms with Gasteiger partial charge in [-0.3, -0.25) is 4.68 Å². The van der Waals surface area contributed by atoms with Gasteiger partial charge in [-0.2, -0.15) is 5.10 Å². The molecule has 0 bridgehead atoms. The summed E-state index contributed by atoms with van der Waals surface area (Å²) >= 11 is 8.29. The lowest BCUT2D eigenvalue weighted by atomic mass is 10.1. The van der Waals surface area contributed by atoms with Crippen molar-refractivity contribution in [3.05, 3.63) is 38.8 Å². The number of halogens is 1. The second-order valence-corrected chi connectivity index (χ2v) is 6.47. The van der Waals surface area contributed by atoms with Crippen LogP contribution in [0.15, 0.2) is 17.5 Å². The number of hydrogen-bond acceptors (Lipinski definition) is 3. The molecule has 2 rings (SSSR count). The van der Waals surface area contributed by atoms with Crippen molar-refractivity contribution in [2.75, 3.05) is 0 Å². The third-order valence-corrected chi connectivity index (χ3v) is 5.10. The molecule has 3 nitrogen and oxygen atoms in total. The van der Waals surface area contributed by atoms with Crippen LogP contribution in [-0.2, 0) is 19.5 Å². The normalized spacial score (nSPS) is 12.8. The molecule has 0 saturated carbocycles. The highest BCUT2D eigenvalue weighted by Gasteiger charge is 2.17. The van der Waals surface area contributed by atoms with Crippen molar-refractivity contribution in [2.45, 2.75) is 59.2 Å². The van der Waals surface area contributed by atoms with E-state index in [9.17, 15) is 0 Å². The Bertz CT molecular complexity index is 548. The van der Waals surface area contributed by atoms with Gasteiger partial charge in [-0.25, -0.2) is 0 Å². The number of nitrogens with zero attached hydrogens (tertiary/aromatic N) is 2. The number of hydrogen-bond donors (Lipinski definition) is 1. The quantitative estimate of drug-likeness (QED) is 0.754. The zero-order valence-electron chi connectivity index (χ0n) is 13.0. The van der Waals surface area contributed by atoms with Gasteiger partial charge in [0.25, 0.3) is 0 Å². The van der Waals surface area contributed by atoms with Crippen LogP contribution < -0.4 is 5.32 Å². The highest BCUT2D eigenvalue weighted by molar-refractivity contribution is 7.10. The van der Waals surface area contributed by atoms with E-state index in [1.165, 1.54) is 4.88 Å². The van der Waals surface area contributed by atoms with E-state index in [2.05, 4.69) is 48.7 Å². The zero-order valence-corrected chi connectivity index (χ0v) is 14.6. The molecule has 0 radical (unpaired) electrons. The standard InChI is InChI=1S/C16H24ClN3S/c1-4-8-13(15-9-7-10-21-15)18-11-14-16(17)12(5-2)19-20(14)6-3/h7,9-10,13,18H,4-6,8,11H2,1-3H3. The molecule has 0 aliphatic rings.